The van der Waals surface area contributed by atoms with Gasteiger partial charge in [0.2, 0.25) is 0 Å². The summed E-state index contributed by atoms with van der Waals surface area (Å²) in [5.74, 6) is 0.860. The molecule has 0 bridgehead atoms. The highest BCUT2D eigenvalue weighted by Crippen LogP contribution is 2.14. The van der Waals surface area contributed by atoms with Crippen LogP contribution in [0, 0.1) is 6.92 Å². The van der Waals surface area contributed by atoms with E-state index >= 15 is 0 Å². The largest absolute Gasteiger partial charge is 0.389 e. The molecule has 0 saturated heterocycles. The van der Waals surface area contributed by atoms with Crippen LogP contribution in [0.4, 0.5) is 0 Å². The number of hydrogen-bond donors (Lipinski definition) is 1. The topological polar surface area (TPSA) is 49.2 Å². The van der Waals surface area contributed by atoms with Gasteiger partial charge >= 0.3 is 0 Å². The van der Waals surface area contributed by atoms with E-state index < -0.39 is 6.10 Å². The Morgan fingerprint density at radius 3 is 2.47 bits per heavy atom. The Bertz CT molecular complexity index is 349. The van der Waals surface area contributed by atoms with Gasteiger partial charge in [-0.2, -0.15) is 0 Å². The van der Waals surface area contributed by atoms with E-state index in [9.17, 15) is 5.11 Å². The number of aliphatic hydroxyl groups excluding tert-OH is 1. The van der Waals surface area contributed by atoms with Crippen molar-refractivity contribution >= 4 is 0 Å². The standard InChI is InChI=1S/C13H23N3O/c1-5-16(6-2)8-7-13-14-9-12(11(4)17)10(3)15-13/h9,11,17H,5-8H2,1-4H3/t11-/m1/s1. The molecule has 1 rings (SSSR count). The summed E-state index contributed by atoms with van der Waals surface area (Å²) in [7, 11) is 0. The van der Waals surface area contributed by atoms with Crippen molar-refractivity contribution in [1.29, 1.82) is 0 Å². The molecule has 0 aromatic carbocycles. The molecule has 1 atom stereocenters. The molecule has 0 saturated carbocycles. The molecule has 0 aliphatic rings. The normalized spacial score (nSPS) is 13.1. The van der Waals surface area contributed by atoms with Gasteiger partial charge in [-0.05, 0) is 26.9 Å². The van der Waals surface area contributed by atoms with Gasteiger partial charge in [0.25, 0.3) is 0 Å². The Balaban J connectivity index is 2.64. The molecular weight excluding hydrogens is 214 g/mol. The highest BCUT2D eigenvalue weighted by Gasteiger charge is 2.08. The van der Waals surface area contributed by atoms with Crippen molar-refractivity contribution in [3.8, 4) is 0 Å². The van der Waals surface area contributed by atoms with Gasteiger partial charge in [0, 0.05) is 30.4 Å². The Morgan fingerprint density at radius 1 is 1.35 bits per heavy atom. The average molecular weight is 237 g/mol. The molecule has 4 nitrogen and oxygen atoms in total. The number of likely N-dealkylation sites (N-methyl/N-ethyl adjacent to an activating group) is 1. The van der Waals surface area contributed by atoms with Crippen LogP contribution in [0.25, 0.3) is 0 Å². The predicted octanol–water partition coefficient (Wildman–Crippen LogP) is 1.72. The molecule has 17 heavy (non-hydrogen) atoms. The summed E-state index contributed by atoms with van der Waals surface area (Å²) in [5.41, 5.74) is 1.70. The lowest BCUT2D eigenvalue weighted by Crippen LogP contribution is -2.26. The van der Waals surface area contributed by atoms with Gasteiger partial charge in [-0.1, -0.05) is 13.8 Å². The van der Waals surface area contributed by atoms with Crippen molar-refractivity contribution in [3.63, 3.8) is 0 Å². The van der Waals surface area contributed by atoms with Crippen molar-refractivity contribution < 1.29 is 5.11 Å². The second-order valence-corrected chi connectivity index (χ2v) is 4.28. The smallest absolute Gasteiger partial charge is 0.129 e. The van der Waals surface area contributed by atoms with E-state index in [1.165, 1.54) is 0 Å². The van der Waals surface area contributed by atoms with E-state index in [4.69, 9.17) is 0 Å². The third-order valence-electron chi connectivity index (χ3n) is 3.06. The summed E-state index contributed by atoms with van der Waals surface area (Å²) in [4.78, 5) is 11.1. The lowest BCUT2D eigenvalue weighted by atomic mass is 10.1. The predicted molar refractivity (Wildman–Crippen MR) is 68.9 cm³/mol. The molecule has 0 amide bonds. The molecule has 1 N–H and O–H groups in total. The fourth-order valence-corrected chi connectivity index (χ4v) is 1.85. The molecule has 1 aromatic rings. The fourth-order valence-electron chi connectivity index (χ4n) is 1.85. The molecule has 0 aliphatic carbocycles. The van der Waals surface area contributed by atoms with Gasteiger partial charge in [0.15, 0.2) is 0 Å². The third-order valence-corrected chi connectivity index (χ3v) is 3.06. The lowest BCUT2D eigenvalue weighted by molar-refractivity contribution is 0.197. The van der Waals surface area contributed by atoms with Crippen LogP contribution in [0.15, 0.2) is 6.20 Å². The first-order valence-corrected chi connectivity index (χ1v) is 6.31. The molecule has 1 heterocycles. The molecular formula is C13H23N3O. The average Bonchev–Trinajstić information content (AvgIpc) is 2.30. The van der Waals surface area contributed by atoms with Crippen molar-refractivity contribution in [2.45, 2.75) is 40.2 Å². The molecule has 4 heteroatoms. The summed E-state index contributed by atoms with van der Waals surface area (Å²) in [6.45, 7) is 11.1. The van der Waals surface area contributed by atoms with E-state index in [0.29, 0.717) is 0 Å². The van der Waals surface area contributed by atoms with Crippen LogP contribution in [-0.2, 0) is 6.42 Å². The van der Waals surface area contributed by atoms with Crippen LogP contribution in [-0.4, -0.2) is 39.6 Å². The second kappa shape index (κ2) is 6.67. The van der Waals surface area contributed by atoms with Gasteiger partial charge in [0.1, 0.15) is 5.82 Å². The van der Waals surface area contributed by atoms with Crippen LogP contribution >= 0.6 is 0 Å². The number of rotatable bonds is 6. The van der Waals surface area contributed by atoms with E-state index in [1.54, 1.807) is 13.1 Å². The van der Waals surface area contributed by atoms with Crippen LogP contribution in [0.1, 0.15) is 44.0 Å². The van der Waals surface area contributed by atoms with Crippen LogP contribution < -0.4 is 0 Å². The van der Waals surface area contributed by atoms with Crippen molar-refractivity contribution in [3.05, 3.63) is 23.3 Å². The molecule has 0 unspecified atom stereocenters. The van der Waals surface area contributed by atoms with E-state index in [1.807, 2.05) is 6.92 Å². The third kappa shape index (κ3) is 4.06. The molecule has 96 valence electrons. The second-order valence-electron chi connectivity index (χ2n) is 4.28. The summed E-state index contributed by atoms with van der Waals surface area (Å²) >= 11 is 0. The fraction of sp³-hybridized carbons (Fsp3) is 0.692. The van der Waals surface area contributed by atoms with Gasteiger partial charge in [0.05, 0.1) is 6.10 Å². The maximum absolute atomic E-state index is 9.50. The van der Waals surface area contributed by atoms with E-state index in [2.05, 4.69) is 28.7 Å². The quantitative estimate of drug-likeness (QED) is 0.818. The van der Waals surface area contributed by atoms with E-state index in [-0.39, 0.29) is 0 Å². The van der Waals surface area contributed by atoms with Crippen LogP contribution in [0.3, 0.4) is 0 Å². The van der Waals surface area contributed by atoms with Crippen molar-refractivity contribution in [2.75, 3.05) is 19.6 Å². The van der Waals surface area contributed by atoms with Crippen molar-refractivity contribution in [1.82, 2.24) is 14.9 Å². The van der Waals surface area contributed by atoms with Crippen LogP contribution in [0.2, 0.25) is 0 Å². The monoisotopic (exact) mass is 237 g/mol. The molecule has 0 aliphatic heterocycles. The summed E-state index contributed by atoms with van der Waals surface area (Å²) in [6, 6.07) is 0. The van der Waals surface area contributed by atoms with Gasteiger partial charge < -0.3 is 10.0 Å². The molecule has 0 spiro atoms. The van der Waals surface area contributed by atoms with Gasteiger partial charge in [-0.25, -0.2) is 9.97 Å². The highest BCUT2D eigenvalue weighted by atomic mass is 16.3. The first-order valence-electron chi connectivity index (χ1n) is 6.31. The highest BCUT2D eigenvalue weighted by molar-refractivity contribution is 5.18. The maximum atomic E-state index is 9.50. The van der Waals surface area contributed by atoms with Gasteiger partial charge in [-0.3, -0.25) is 0 Å². The minimum atomic E-state index is -0.494. The Kier molecular flexibility index (Phi) is 5.51. The summed E-state index contributed by atoms with van der Waals surface area (Å²) < 4.78 is 0. The van der Waals surface area contributed by atoms with Gasteiger partial charge in [-0.15, -0.1) is 0 Å². The number of aliphatic hydroxyl groups is 1. The maximum Gasteiger partial charge on any atom is 0.129 e. The molecule has 0 fully saturated rings. The number of aryl methyl sites for hydroxylation is 1. The Hall–Kier alpha value is -1.00. The number of hydrogen-bond acceptors (Lipinski definition) is 4. The molecule has 1 aromatic heterocycles. The van der Waals surface area contributed by atoms with Crippen LogP contribution in [0.5, 0.6) is 0 Å². The first-order chi connectivity index (χ1) is 8.08. The Labute approximate surface area is 104 Å². The zero-order valence-corrected chi connectivity index (χ0v) is 11.3. The SMILES string of the molecule is CCN(CC)CCc1ncc([C@@H](C)O)c(C)n1. The van der Waals surface area contributed by atoms with E-state index in [0.717, 1.165) is 43.1 Å². The number of nitrogens with zero attached hydrogens (tertiary/aromatic N) is 3. The zero-order chi connectivity index (χ0) is 12.8. The zero-order valence-electron chi connectivity index (χ0n) is 11.3. The van der Waals surface area contributed by atoms with Crippen molar-refractivity contribution in [2.24, 2.45) is 0 Å². The lowest BCUT2D eigenvalue weighted by Gasteiger charge is -2.17. The molecule has 0 radical (unpaired) electrons. The number of aromatic nitrogens is 2. The summed E-state index contributed by atoms with van der Waals surface area (Å²) in [6.07, 6.45) is 2.11. The Morgan fingerprint density at radius 2 is 2.00 bits per heavy atom. The summed E-state index contributed by atoms with van der Waals surface area (Å²) in [5, 5.41) is 9.50. The minimum absolute atomic E-state index is 0.494. The first kappa shape index (κ1) is 14.1. The minimum Gasteiger partial charge on any atom is -0.389 e.